The summed E-state index contributed by atoms with van der Waals surface area (Å²) < 4.78 is 0. The summed E-state index contributed by atoms with van der Waals surface area (Å²) in [6.45, 7) is 7.39. The summed E-state index contributed by atoms with van der Waals surface area (Å²) in [6.07, 6.45) is 2.86. The van der Waals surface area contributed by atoms with Crippen molar-refractivity contribution in [1.29, 1.82) is 0 Å². The third kappa shape index (κ3) is 4.60. The fraction of sp³-hybridized carbons (Fsp3) is 0.381. The van der Waals surface area contributed by atoms with Gasteiger partial charge in [-0.2, -0.15) is 0 Å². The minimum Gasteiger partial charge on any atom is -0.378 e. The van der Waals surface area contributed by atoms with Gasteiger partial charge in [0, 0.05) is 33.4 Å². The van der Waals surface area contributed by atoms with Crippen molar-refractivity contribution in [2.75, 3.05) is 32.6 Å². The quantitative estimate of drug-likeness (QED) is 0.573. The summed E-state index contributed by atoms with van der Waals surface area (Å²) in [5, 5.41) is 0. The second-order valence-electron chi connectivity index (χ2n) is 6.62. The molecular formula is C21H29N3. The summed E-state index contributed by atoms with van der Waals surface area (Å²) in [6, 6.07) is 13.2. The fourth-order valence-electron chi connectivity index (χ4n) is 2.60. The van der Waals surface area contributed by atoms with Crippen LogP contribution in [0.4, 0.5) is 11.4 Å². The molecular weight excluding hydrogens is 294 g/mol. The van der Waals surface area contributed by atoms with E-state index in [-0.39, 0.29) is 0 Å². The van der Waals surface area contributed by atoms with Gasteiger partial charge >= 0.3 is 0 Å². The van der Waals surface area contributed by atoms with E-state index in [0.29, 0.717) is 0 Å². The highest BCUT2D eigenvalue weighted by molar-refractivity contribution is 5.64. The Bertz CT molecular complexity index is 717. The van der Waals surface area contributed by atoms with E-state index in [1.165, 1.54) is 27.9 Å². The standard InChI is InChI=1S/C21H29N3/c1-7-24(6)15-22-21-12-16(2)19(11-17(21)3)13-18-9-8-10-20(14-18)23(4)5/h8-12,14-15H,7,13H2,1-6H3. The van der Waals surface area contributed by atoms with Crippen LogP contribution in [-0.4, -0.2) is 38.9 Å². The zero-order valence-electron chi connectivity index (χ0n) is 15.8. The first kappa shape index (κ1) is 18.1. The first-order valence-corrected chi connectivity index (χ1v) is 8.51. The lowest BCUT2D eigenvalue weighted by atomic mass is 9.97. The summed E-state index contributed by atoms with van der Waals surface area (Å²) in [7, 11) is 6.20. The van der Waals surface area contributed by atoms with Crippen molar-refractivity contribution in [3.05, 3.63) is 58.7 Å². The molecule has 0 unspecified atom stereocenters. The van der Waals surface area contributed by atoms with Crippen molar-refractivity contribution in [1.82, 2.24) is 4.90 Å². The Morgan fingerprint density at radius 1 is 1.00 bits per heavy atom. The molecule has 24 heavy (non-hydrogen) atoms. The summed E-state index contributed by atoms with van der Waals surface area (Å²) >= 11 is 0. The maximum absolute atomic E-state index is 4.62. The smallest absolute Gasteiger partial charge is 0.0909 e. The number of nitrogens with zero attached hydrogens (tertiary/aromatic N) is 3. The van der Waals surface area contributed by atoms with Crippen molar-refractivity contribution >= 4 is 17.7 Å². The summed E-state index contributed by atoms with van der Waals surface area (Å²) in [5.74, 6) is 0. The minimum atomic E-state index is 0.952. The van der Waals surface area contributed by atoms with Crippen LogP contribution in [0.2, 0.25) is 0 Å². The van der Waals surface area contributed by atoms with Crippen molar-refractivity contribution in [3.63, 3.8) is 0 Å². The Morgan fingerprint density at radius 3 is 2.42 bits per heavy atom. The molecule has 2 aromatic rings. The van der Waals surface area contributed by atoms with E-state index in [2.05, 4.69) is 86.1 Å². The monoisotopic (exact) mass is 323 g/mol. The largest absolute Gasteiger partial charge is 0.378 e. The number of aryl methyl sites for hydroxylation is 2. The number of rotatable bonds is 6. The van der Waals surface area contributed by atoms with Crippen LogP contribution in [0.1, 0.15) is 29.2 Å². The maximum Gasteiger partial charge on any atom is 0.0909 e. The molecule has 128 valence electrons. The predicted molar refractivity (Wildman–Crippen MR) is 106 cm³/mol. The van der Waals surface area contributed by atoms with Crippen LogP contribution in [0.25, 0.3) is 0 Å². The van der Waals surface area contributed by atoms with Gasteiger partial charge in [-0.1, -0.05) is 18.2 Å². The number of aliphatic imine (C=N–C) groups is 1. The summed E-state index contributed by atoms with van der Waals surface area (Å²) in [4.78, 5) is 8.84. The van der Waals surface area contributed by atoms with Gasteiger partial charge in [0.15, 0.2) is 0 Å². The molecule has 0 saturated carbocycles. The zero-order chi connectivity index (χ0) is 17.7. The zero-order valence-corrected chi connectivity index (χ0v) is 15.8. The average molecular weight is 323 g/mol. The second kappa shape index (κ2) is 8.00. The number of hydrogen-bond acceptors (Lipinski definition) is 2. The molecule has 0 saturated heterocycles. The maximum atomic E-state index is 4.62. The molecule has 0 spiro atoms. The molecule has 0 bridgehead atoms. The van der Waals surface area contributed by atoms with Crippen LogP contribution in [0.3, 0.4) is 0 Å². The third-order valence-corrected chi connectivity index (χ3v) is 4.37. The van der Waals surface area contributed by atoms with Gasteiger partial charge in [0.1, 0.15) is 0 Å². The van der Waals surface area contributed by atoms with Gasteiger partial charge in [0.25, 0.3) is 0 Å². The van der Waals surface area contributed by atoms with Crippen molar-refractivity contribution < 1.29 is 0 Å². The molecule has 0 radical (unpaired) electrons. The van der Waals surface area contributed by atoms with Crippen LogP contribution in [0.15, 0.2) is 41.4 Å². The molecule has 0 aliphatic rings. The molecule has 0 N–H and O–H groups in total. The second-order valence-corrected chi connectivity index (χ2v) is 6.62. The molecule has 0 aliphatic heterocycles. The highest BCUT2D eigenvalue weighted by Crippen LogP contribution is 2.25. The molecule has 0 heterocycles. The van der Waals surface area contributed by atoms with Gasteiger partial charge in [-0.3, -0.25) is 0 Å². The van der Waals surface area contributed by atoms with Gasteiger partial charge in [0.2, 0.25) is 0 Å². The topological polar surface area (TPSA) is 18.8 Å². The van der Waals surface area contributed by atoms with E-state index in [0.717, 1.165) is 18.7 Å². The highest BCUT2D eigenvalue weighted by atomic mass is 15.1. The van der Waals surface area contributed by atoms with Gasteiger partial charge in [-0.25, -0.2) is 4.99 Å². The molecule has 0 atom stereocenters. The lowest BCUT2D eigenvalue weighted by Gasteiger charge is -2.15. The van der Waals surface area contributed by atoms with Gasteiger partial charge in [-0.05, 0) is 67.6 Å². The molecule has 2 aromatic carbocycles. The Labute approximate surface area is 146 Å². The average Bonchev–Trinajstić information content (AvgIpc) is 2.56. The summed E-state index contributed by atoms with van der Waals surface area (Å²) in [5.41, 5.74) is 7.52. The molecule has 2 rings (SSSR count). The van der Waals surface area contributed by atoms with E-state index in [4.69, 9.17) is 0 Å². The van der Waals surface area contributed by atoms with Gasteiger partial charge in [-0.15, -0.1) is 0 Å². The molecule has 3 heteroatoms. The molecule has 3 nitrogen and oxygen atoms in total. The number of hydrogen-bond donors (Lipinski definition) is 0. The SMILES string of the molecule is CCN(C)C=Nc1cc(C)c(Cc2cccc(N(C)C)c2)cc1C. The van der Waals surface area contributed by atoms with Crippen LogP contribution >= 0.6 is 0 Å². The van der Waals surface area contributed by atoms with E-state index in [9.17, 15) is 0 Å². The van der Waals surface area contributed by atoms with Crippen molar-refractivity contribution in [2.24, 2.45) is 4.99 Å². The Hall–Kier alpha value is -2.29. The van der Waals surface area contributed by atoms with Crippen LogP contribution in [0, 0.1) is 13.8 Å². The minimum absolute atomic E-state index is 0.952. The molecule has 0 fully saturated rings. The first-order valence-electron chi connectivity index (χ1n) is 8.51. The number of anilines is 1. The van der Waals surface area contributed by atoms with E-state index >= 15 is 0 Å². The van der Waals surface area contributed by atoms with Crippen molar-refractivity contribution in [3.8, 4) is 0 Å². The predicted octanol–water partition coefficient (Wildman–Crippen LogP) is 4.57. The van der Waals surface area contributed by atoms with Crippen LogP contribution in [0.5, 0.6) is 0 Å². The third-order valence-electron chi connectivity index (χ3n) is 4.37. The normalized spacial score (nSPS) is 11.1. The lowest BCUT2D eigenvalue weighted by Crippen LogP contribution is -2.14. The fourth-order valence-corrected chi connectivity index (χ4v) is 2.60. The van der Waals surface area contributed by atoms with Crippen LogP contribution < -0.4 is 4.90 Å². The van der Waals surface area contributed by atoms with E-state index in [1.54, 1.807) is 0 Å². The van der Waals surface area contributed by atoms with Crippen LogP contribution in [-0.2, 0) is 6.42 Å². The number of benzene rings is 2. The van der Waals surface area contributed by atoms with E-state index < -0.39 is 0 Å². The first-order chi connectivity index (χ1) is 11.4. The van der Waals surface area contributed by atoms with E-state index in [1.807, 2.05) is 13.4 Å². The Morgan fingerprint density at radius 2 is 1.75 bits per heavy atom. The van der Waals surface area contributed by atoms with Gasteiger partial charge < -0.3 is 9.80 Å². The van der Waals surface area contributed by atoms with Crippen molar-refractivity contribution in [2.45, 2.75) is 27.2 Å². The molecule has 0 amide bonds. The lowest BCUT2D eigenvalue weighted by molar-refractivity contribution is 0.552. The highest BCUT2D eigenvalue weighted by Gasteiger charge is 2.06. The Balaban J connectivity index is 2.24. The molecule has 0 aliphatic carbocycles. The molecule has 0 aromatic heterocycles. The van der Waals surface area contributed by atoms with Gasteiger partial charge in [0.05, 0.1) is 12.0 Å². The Kier molecular flexibility index (Phi) is 6.02.